The van der Waals surface area contributed by atoms with Crippen LogP contribution in [0.2, 0.25) is 0 Å². The summed E-state index contributed by atoms with van der Waals surface area (Å²) in [6.45, 7) is 3.03. The molecule has 0 unspecified atom stereocenters. The summed E-state index contributed by atoms with van der Waals surface area (Å²) >= 11 is 0. The predicted octanol–water partition coefficient (Wildman–Crippen LogP) is 2.49. The normalized spacial score (nSPS) is 12.2. The first-order valence-electron chi connectivity index (χ1n) is 7.60. The van der Waals surface area contributed by atoms with Crippen LogP contribution in [-0.2, 0) is 10.4 Å². The molecule has 2 aromatic heterocycles. The van der Waals surface area contributed by atoms with E-state index in [1.165, 1.54) is 26.0 Å². The van der Waals surface area contributed by atoms with Crippen LogP contribution in [0.15, 0.2) is 36.7 Å². The Bertz CT molecular complexity index is 986. The van der Waals surface area contributed by atoms with Crippen LogP contribution in [0.3, 0.4) is 0 Å². The number of carbonyl (C=O) groups is 1. The minimum atomic E-state index is -1.32. The van der Waals surface area contributed by atoms with Gasteiger partial charge in [-0.25, -0.2) is 14.4 Å². The number of H-pyrrole nitrogens is 1. The van der Waals surface area contributed by atoms with Crippen molar-refractivity contribution in [2.45, 2.75) is 19.4 Å². The van der Waals surface area contributed by atoms with Gasteiger partial charge in [0, 0.05) is 29.0 Å². The number of hydrogen-bond donors (Lipinski definition) is 3. The van der Waals surface area contributed by atoms with Crippen molar-refractivity contribution in [3.05, 3.63) is 53.6 Å². The Morgan fingerprint density at radius 1 is 1.40 bits per heavy atom. The number of aromatic amines is 1. The molecule has 0 saturated heterocycles. The molecule has 4 N–H and O–H groups in total. The molecule has 7 heteroatoms. The minimum absolute atomic E-state index is 0.176. The van der Waals surface area contributed by atoms with Gasteiger partial charge in [-0.05, 0) is 38.1 Å². The molecule has 0 atom stereocenters. The SMILES string of the molecule is CC(C)(O)c1cc(-c2cnc3[nH]cc(C=CC(N)=O)c3n2)ccc1F. The first kappa shape index (κ1) is 16.8. The lowest BCUT2D eigenvalue weighted by Gasteiger charge is -2.19. The zero-order chi connectivity index (χ0) is 18.2. The molecular weight excluding hydrogens is 323 g/mol. The summed E-state index contributed by atoms with van der Waals surface area (Å²) in [5, 5.41) is 10.1. The molecule has 1 aromatic carbocycles. The van der Waals surface area contributed by atoms with Crippen LogP contribution in [0.5, 0.6) is 0 Å². The zero-order valence-electron chi connectivity index (χ0n) is 13.7. The Hall–Kier alpha value is -3.06. The molecule has 25 heavy (non-hydrogen) atoms. The van der Waals surface area contributed by atoms with Gasteiger partial charge in [-0.15, -0.1) is 0 Å². The number of halogens is 1. The van der Waals surface area contributed by atoms with Crippen LogP contribution in [0, 0.1) is 5.82 Å². The van der Waals surface area contributed by atoms with Crippen LogP contribution in [-0.4, -0.2) is 26.0 Å². The number of nitrogens with two attached hydrogens (primary N) is 1. The van der Waals surface area contributed by atoms with Gasteiger partial charge in [-0.1, -0.05) is 0 Å². The predicted molar refractivity (Wildman–Crippen MR) is 92.8 cm³/mol. The monoisotopic (exact) mass is 340 g/mol. The van der Waals surface area contributed by atoms with Gasteiger partial charge >= 0.3 is 0 Å². The maximum atomic E-state index is 14.0. The average Bonchev–Trinajstić information content (AvgIpc) is 2.94. The van der Waals surface area contributed by atoms with Crippen molar-refractivity contribution < 1.29 is 14.3 Å². The van der Waals surface area contributed by atoms with Gasteiger partial charge in [0.2, 0.25) is 5.91 Å². The molecule has 1 amide bonds. The van der Waals surface area contributed by atoms with Gasteiger partial charge in [0.25, 0.3) is 0 Å². The summed E-state index contributed by atoms with van der Waals surface area (Å²) in [4.78, 5) is 22.7. The van der Waals surface area contributed by atoms with Gasteiger partial charge < -0.3 is 15.8 Å². The van der Waals surface area contributed by atoms with Crippen molar-refractivity contribution in [1.82, 2.24) is 15.0 Å². The molecule has 3 rings (SSSR count). The van der Waals surface area contributed by atoms with E-state index in [0.29, 0.717) is 28.0 Å². The van der Waals surface area contributed by atoms with Crippen molar-refractivity contribution in [3.63, 3.8) is 0 Å². The van der Waals surface area contributed by atoms with E-state index < -0.39 is 17.3 Å². The van der Waals surface area contributed by atoms with E-state index in [2.05, 4.69) is 15.0 Å². The molecule has 6 nitrogen and oxygen atoms in total. The molecule has 128 valence electrons. The lowest BCUT2D eigenvalue weighted by Crippen LogP contribution is -2.17. The quantitative estimate of drug-likeness (QED) is 0.635. The van der Waals surface area contributed by atoms with Crippen molar-refractivity contribution >= 4 is 23.1 Å². The highest BCUT2D eigenvalue weighted by Gasteiger charge is 2.21. The molecule has 0 aliphatic heterocycles. The smallest absolute Gasteiger partial charge is 0.241 e. The third-order valence-corrected chi connectivity index (χ3v) is 3.76. The topological polar surface area (TPSA) is 105 Å². The van der Waals surface area contributed by atoms with Crippen molar-refractivity contribution in [1.29, 1.82) is 0 Å². The lowest BCUT2D eigenvalue weighted by molar-refractivity contribution is -0.113. The Balaban J connectivity index is 2.11. The second kappa shape index (κ2) is 6.10. The van der Waals surface area contributed by atoms with Crippen molar-refractivity contribution in [2.75, 3.05) is 0 Å². The standard InChI is InChI=1S/C18H17FN4O2/c1-18(2,25)12-7-10(3-5-13(12)19)14-9-22-17-16(23-14)11(8-21-17)4-6-15(20)24/h3-9,25H,1-2H3,(H2,20,24)(H,21,22). The number of carbonyl (C=O) groups excluding carboxylic acids is 1. The number of hydrogen-bond acceptors (Lipinski definition) is 4. The lowest BCUT2D eigenvalue weighted by atomic mass is 9.95. The summed E-state index contributed by atoms with van der Waals surface area (Å²) in [5.74, 6) is -1.05. The summed E-state index contributed by atoms with van der Waals surface area (Å²) in [6.07, 6.45) is 6.01. The number of aromatic nitrogens is 3. The van der Waals surface area contributed by atoms with Crippen LogP contribution in [0.25, 0.3) is 28.5 Å². The van der Waals surface area contributed by atoms with Gasteiger partial charge in [0.1, 0.15) is 11.3 Å². The molecule has 0 aliphatic carbocycles. The van der Waals surface area contributed by atoms with E-state index in [4.69, 9.17) is 5.73 Å². The number of amides is 1. The third kappa shape index (κ3) is 3.41. The number of fused-ring (bicyclic) bond motifs is 1. The maximum Gasteiger partial charge on any atom is 0.241 e. The van der Waals surface area contributed by atoms with Gasteiger partial charge in [0.15, 0.2) is 5.65 Å². The first-order chi connectivity index (χ1) is 11.8. The molecular formula is C18H17FN4O2. The molecule has 0 radical (unpaired) electrons. The second-order valence-electron chi connectivity index (χ2n) is 6.19. The van der Waals surface area contributed by atoms with Gasteiger partial charge in [-0.2, -0.15) is 0 Å². The fourth-order valence-electron chi connectivity index (χ4n) is 2.50. The Morgan fingerprint density at radius 2 is 2.16 bits per heavy atom. The van der Waals surface area contributed by atoms with Crippen molar-refractivity contribution in [3.8, 4) is 11.3 Å². The highest BCUT2D eigenvalue weighted by Crippen LogP contribution is 2.28. The van der Waals surface area contributed by atoms with Gasteiger partial charge in [0.05, 0.1) is 17.5 Å². The minimum Gasteiger partial charge on any atom is -0.386 e. The van der Waals surface area contributed by atoms with Crippen molar-refractivity contribution in [2.24, 2.45) is 5.73 Å². The average molecular weight is 340 g/mol. The van der Waals surface area contributed by atoms with Crippen LogP contribution < -0.4 is 5.73 Å². The molecule has 0 saturated carbocycles. The number of rotatable bonds is 4. The summed E-state index contributed by atoms with van der Waals surface area (Å²) in [7, 11) is 0. The maximum absolute atomic E-state index is 14.0. The van der Waals surface area contributed by atoms with Crippen LogP contribution in [0.1, 0.15) is 25.0 Å². The number of benzene rings is 1. The summed E-state index contributed by atoms with van der Waals surface area (Å²) in [6, 6.07) is 4.42. The van der Waals surface area contributed by atoms with E-state index in [0.717, 1.165) is 0 Å². The fraction of sp³-hybridized carbons (Fsp3) is 0.167. The zero-order valence-corrected chi connectivity index (χ0v) is 13.7. The molecule has 0 fully saturated rings. The molecule has 3 aromatic rings. The molecule has 0 bridgehead atoms. The number of nitrogens with zero attached hydrogens (tertiary/aromatic N) is 2. The largest absolute Gasteiger partial charge is 0.386 e. The van der Waals surface area contributed by atoms with Crippen LogP contribution in [0.4, 0.5) is 4.39 Å². The van der Waals surface area contributed by atoms with E-state index in [9.17, 15) is 14.3 Å². The highest BCUT2D eigenvalue weighted by molar-refractivity contribution is 5.93. The summed E-state index contributed by atoms with van der Waals surface area (Å²) in [5.41, 5.74) is 6.89. The third-order valence-electron chi connectivity index (χ3n) is 3.76. The molecule has 0 aliphatic rings. The Labute approximate surface area is 143 Å². The number of aliphatic hydroxyl groups is 1. The van der Waals surface area contributed by atoms with E-state index in [1.807, 2.05) is 0 Å². The highest BCUT2D eigenvalue weighted by atomic mass is 19.1. The number of primary amides is 1. The second-order valence-corrected chi connectivity index (χ2v) is 6.19. The van der Waals surface area contributed by atoms with E-state index in [1.54, 1.807) is 30.6 Å². The summed E-state index contributed by atoms with van der Waals surface area (Å²) < 4.78 is 14.0. The number of nitrogens with one attached hydrogen (secondary N) is 1. The van der Waals surface area contributed by atoms with Gasteiger partial charge in [-0.3, -0.25) is 4.79 Å². The van der Waals surface area contributed by atoms with Crippen LogP contribution >= 0.6 is 0 Å². The van der Waals surface area contributed by atoms with E-state index >= 15 is 0 Å². The van der Waals surface area contributed by atoms with E-state index in [-0.39, 0.29) is 5.56 Å². The fourth-order valence-corrected chi connectivity index (χ4v) is 2.50. The molecule has 2 heterocycles. The Kier molecular flexibility index (Phi) is 4.10. The molecule has 0 spiro atoms. The Morgan fingerprint density at radius 3 is 2.84 bits per heavy atom. The first-order valence-corrected chi connectivity index (χ1v) is 7.60.